The zero-order valence-corrected chi connectivity index (χ0v) is 15.7. The lowest BCUT2D eigenvalue weighted by molar-refractivity contribution is -0.116. The fourth-order valence-corrected chi connectivity index (χ4v) is 2.21. The Morgan fingerprint density at radius 2 is 1.96 bits per heavy atom. The summed E-state index contributed by atoms with van der Waals surface area (Å²) in [4.78, 5) is 11.9. The summed E-state index contributed by atoms with van der Waals surface area (Å²) in [5.41, 5.74) is 6.22. The number of nitrogens with zero attached hydrogens (tertiary/aromatic N) is 1. The van der Waals surface area contributed by atoms with E-state index in [4.69, 9.17) is 27.0 Å². The van der Waals surface area contributed by atoms with E-state index in [2.05, 4.69) is 16.2 Å². The number of halogens is 1. The van der Waals surface area contributed by atoms with E-state index in [9.17, 15) is 9.18 Å². The Hall–Kier alpha value is -3.64. The van der Waals surface area contributed by atoms with E-state index in [0.717, 1.165) is 0 Å². The molecule has 2 aromatic carbocycles. The van der Waals surface area contributed by atoms with Crippen molar-refractivity contribution >= 4 is 35.0 Å². The molecule has 0 saturated heterocycles. The molecule has 0 aliphatic heterocycles. The number of hydrogen-bond acceptors (Lipinski definition) is 5. The van der Waals surface area contributed by atoms with Crippen molar-refractivity contribution in [3.05, 3.63) is 59.9 Å². The zero-order valence-electron chi connectivity index (χ0n) is 14.9. The second-order valence-electron chi connectivity index (χ2n) is 5.27. The van der Waals surface area contributed by atoms with E-state index >= 15 is 0 Å². The Kier molecular flexibility index (Phi) is 7.75. The summed E-state index contributed by atoms with van der Waals surface area (Å²) >= 11 is 5.04. The third kappa shape index (κ3) is 6.59. The van der Waals surface area contributed by atoms with Crippen LogP contribution in [-0.2, 0) is 4.79 Å². The average Bonchev–Trinajstić information content (AvgIpc) is 2.71. The summed E-state index contributed by atoms with van der Waals surface area (Å²) in [6.45, 7) is -0.0918. The van der Waals surface area contributed by atoms with Crippen molar-refractivity contribution in [1.29, 1.82) is 5.26 Å². The second-order valence-corrected chi connectivity index (χ2v) is 5.67. The van der Waals surface area contributed by atoms with Gasteiger partial charge in [-0.2, -0.15) is 5.26 Å². The zero-order chi connectivity index (χ0) is 20.4. The molecule has 0 heterocycles. The molecule has 2 aromatic rings. The number of nitriles is 1. The molecule has 9 heteroatoms. The average molecular weight is 400 g/mol. The van der Waals surface area contributed by atoms with Gasteiger partial charge >= 0.3 is 0 Å². The standard InChI is InChI=1S/C19H17FN4O3S/c1-26-17-12-13(2-8-16(17)27-11-10-21)3-9-18(25)23-24-19(28)22-15-6-4-14(20)5-7-15/h2-9,12H,11H2,1H3,(H,23,25)(H2,22,24,28)/b9-3+. The van der Waals surface area contributed by atoms with Gasteiger partial charge < -0.3 is 14.8 Å². The molecule has 0 aliphatic rings. The number of thiocarbonyl (C=S) groups is 1. The van der Waals surface area contributed by atoms with Crippen LogP contribution < -0.4 is 25.6 Å². The van der Waals surface area contributed by atoms with Gasteiger partial charge in [0.05, 0.1) is 7.11 Å². The van der Waals surface area contributed by atoms with Gasteiger partial charge in [-0.1, -0.05) is 6.07 Å². The Balaban J connectivity index is 1.86. The van der Waals surface area contributed by atoms with Gasteiger partial charge in [0.2, 0.25) is 0 Å². The largest absolute Gasteiger partial charge is 0.493 e. The maximum atomic E-state index is 12.9. The third-order valence-corrected chi connectivity index (χ3v) is 3.51. The predicted octanol–water partition coefficient (Wildman–Crippen LogP) is 2.77. The fraction of sp³-hybridized carbons (Fsp3) is 0.105. The molecule has 0 unspecified atom stereocenters. The molecular formula is C19H17FN4O3S. The highest BCUT2D eigenvalue weighted by Crippen LogP contribution is 2.28. The Labute approximate surface area is 166 Å². The van der Waals surface area contributed by atoms with Crippen molar-refractivity contribution in [2.75, 3.05) is 19.0 Å². The minimum atomic E-state index is -0.438. The summed E-state index contributed by atoms with van der Waals surface area (Å²) < 4.78 is 23.3. The second kappa shape index (κ2) is 10.5. The van der Waals surface area contributed by atoms with Crippen LogP contribution in [-0.4, -0.2) is 24.7 Å². The van der Waals surface area contributed by atoms with Crippen molar-refractivity contribution in [2.24, 2.45) is 0 Å². The lowest BCUT2D eigenvalue weighted by Gasteiger charge is -2.10. The smallest absolute Gasteiger partial charge is 0.262 e. The molecule has 3 N–H and O–H groups in total. The van der Waals surface area contributed by atoms with Crippen molar-refractivity contribution < 1.29 is 18.7 Å². The van der Waals surface area contributed by atoms with Gasteiger partial charge in [0, 0.05) is 11.8 Å². The first-order valence-corrected chi connectivity index (χ1v) is 8.41. The first-order valence-electron chi connectivity index (χ1n) is 8.00. The van der Waals surface area contributed by atoms with Gasteiger partial charge in [0.25, 0.3) is 5.91 Å². The molecular weight excluding hydrogens is 383 g/mol. The van der Waals surface area contributed by atoms with Crippen LogP contribution in [0.3, 0.4) is 0 Å². The highest BCUT2D eigenvalue weighted by molar-refractivity contribution is 7.80. The Morgan fingerprint density at radius 3 is 2.64 bits per heavy atom. The molecule has 0 atom stereocenters. The Morgan fingerprint density at radius 1 is 1.21 bits per heavy atom. The molecule has 28 heavy (non-hydrogen) atoms. The SMILES string of the molecule is COc1cc(/C=C/C(=O)NNC(=S)Nc2ccc(F)cc2)ccc1OCC#N. The number of amides is 1. The van der Waals surface area contributed by atoms with Crippen LogP contribution in [0.1, 0.15) is 5.56 Å². The highest BCUT2D eigenvalue weighted by atomic mass is 32.1. The molecule has 0 aliphatic carbocycles. The molecule has 0 fully saturated rings. The number of rotatable bonds is 6. The van der Waals surface area contributed by atoms with Gasteiger partial charge in [-0.3, -0.25) is 15.6 Å². The lowest BCUT2D eigenvalue weighted by atomic mass is 10.2. The summed E-state index contributed by atoms with van der Waals surface area (Å²) in [5.74, 6) is 0.0846. The summed E-state index contributed by atoms with van der Waals surface area (Å²) in [5, 5.41) is 11.5. The van der Waals surface area contributed by atoms with E-state index in [-0.39, 0.29) is 17.5 Å². The quantitative estimate of drug-likeness (QED) is 0.390. The van der Waals surface area contributed by atoms with E-state index in [1.54, 1.807) is 24.3 Å². The monoisotopic (exact) mass is 400 g/mol. The van der Waals surface area contributed by atoms with E-state index < -0.39 is 5.91 Å². The molecule has 0 saturated carbocycles. The molecule has 0 bridgehead atoms. The molecule has 7 nitrogen and oxygen atoms in total. The maximum absolute atomic E-state index is 12.9. The first kappa shape index (κ1) is 20.7. The van der Waals surface area contributed by atoms with Gasteiger partial charge in [-0.05, 0) is 60.3 Å². The molecule has 0 radical (unpaired) electrons. The first-order chi connectivity index (χ1) is 13.5. The number of ether oxygens (including phenoxy) is 2. The molecule has 2 rings (SSSR count). The lowest BCUT2D eigenvalue weighted by Crippen LogP contribution is -2.43. The van der Waals surface area contributed by atoms with Crippen molar-refractivity contribution in [2.45, 2.75) is 0 Å². The highest BCUT2D eigenvalue weighted by Gasteiger charge is 2.05. The van der Waals surface area contributed by atoms with Gasteiger partial charge in [-0.25, -0.2) is 4.39 Å². The van der Waals surface area contributed by atoms with E-state index in [1.807, 2.05) is 6.07 Å². The van der Waals surface area contributed by atoms with Crippen LogP contribution >= 0.6 is 12.2 Å². The van der Waals surface area contributed by atoms with Crippen molar-refractivity contribution in [1.82, 2.24) is 10.9 Å². The minimum absolute atomic E-state index is 0.0918. The van der Waals surface area contributed by atoms with Crippen molar-refractivity contribution in [3.8, 4) is 17.6 Å². The van der Waals surface area contributed by atoms with Gasteiger partial charge in [-0.15, -0.1) is 0 Å². The number of hydrogen-bond donors (Lipinski definition) is 3. The summed E-state index contributed by atoms with van der Waals surface area (Å²) in [6, 6.07) is 12.5. The Bertz CT molecular complexity index is 910. The van der Waals surface area contributed by atoms with Crippen LogP contribution in [0.4, 0.5) is 10.1 Å². The van der Waals surface area contributed by atoms with Crippen LogP contribution in [0.2, 0.25) is 0 Å². The fourth-order valence-electron chi connectivity index (χ4n) is 2.04. The number of hydrazine groups is 1. The van der Waals surface area contributed by atoms with Crippen LogP contribution in [0.5, 0.6) is 11.5 Å². The van der Waals surface area contributed by atoms with Gasteiger partial charge in [0.15, 0.2) is 23.2 Å². The predicted molar refractivity (Wildman–Crippen MR) is 107 cm³/mol. The third-order valence-electron chi connectivity index (χ3n) is 3.31. The van der Waals surface area contributed by atoms with E-state index in [0.29, 0.717) is 22.7 Å². The number of benzene rings is 2. The normalized spacial score (nSPS) is 10.0. The van der Waals surface area contributed by atoms with E-state index in [1.165, 1.54) is 37.5 Å². The molecule has 1 amide bonds. The van der Waals surface area contributed by atoms with Crippen LogP contribution in [0.15, 0.2) is 48.5 Å². The minimum Gasteiger partial charge on any atom is -0.493 e. The summed E-state index contributed by atoms with van der Waals surface area (Å²) in [6.07, 6.45) is 2.88. The number of nitrogens with one attached hydrogen (secondary N) is 3. The maximum Gasteiger partial charge on any atom is 0.262 e. The molecule has 0 aromatic heterocycles. The number of methoxy groups -OCH3 is 1. The van der Waals surface area contributed by atoms with Gasteiger partial charge in [0.1, 0.15) is 11.9 Å². The topological polar surface area (TPSA) is 95.4 Å². The molecule has 0 spiro atoms. The number of carbonyl (C=O) groups is 1. The van der Waals surface area contributed by atoms with Crippen LogP contribution in [0, 0.1) is 17.1 Å². The van der Waals surface area contributed by atoms with Crippen molar-refractivity contribution in [3.63, 3.8) is 0 Å². The van der Waals surface area contributed by atoms with Crippen LogP contribution in [0.25, 0.3) is 6.08 Å². The molecule has 144 valence electrons. The number of anilines is 1. The number of carbonyl (C=O) groups excluding carboxylic acids is 1. The summed E-state index contributed by atoms with van der Waals surface area (Å²) in [7, 11) is 1.48.